The number of nitrogens with zero attached hydrogens (tertiary/aromatic N) is 1. The maximum absolute atomic E-state index is 12.4. The lowest BCUT2D eigenvalue weighted by molar-refractivity contribution is -0.115. The molecule has 0 aliphatic carbocycles. The van der Waals surface area contributed by atoms with Gasteiger partial charge in [0.1, 0.15) is 0 Å². The van der Waals surface area contributed by atoms with Gasteiger partial charge < -0.3 is 4.90 Å². The van der Waals surface area contributed by atoms with Gasteiger partial charge in [-0.15, -0.1) is 11.8 Å². The third kappa shape index (κ3) is 3.74. The highest BCUT2D eigenvalue weighted by Crippen LogP contribution is 2.23. The molecule has 0 fully saturated rings. The summed E-state index contributed by atoms with van der Waals surface area (Å²) in [5, 5.41) is 2.34. The van der Waals surface area contributed by atoms with Crippen molar-refractivity contribution >= 4 is 34.1 Å². The normalized spacial score (nSPS) is 10.7. The topological polar surface area (TPSA) is 20.3 Å². The number of rotatable bonds is 4. The van der Waals surface area contributed by atoms with Crippen molar-refractivity contribution in [1.82, 2.24) is 0 Å². The maximum Gasteiger partial charge on any atom is 0.237 e. The minimum atomic E-state index is 0.103. The van der Waals surface area contributed by atoms with E-state index in [9.17, 15) is 4.79 Å². The Balaban J connectivity index is 1.69. The summed E-state index contributed by atoms with van der Waals surface area (Å²) in [4.78, 5) is 15.3. The van der Waals surface area contributed by atoms with Gasteiger partial charge in [0.25, 0.3) is 0 Å². The van der Waals surface area contributed by atoms with E-state index in [1.807, 2.05) is 25.2 Å². The highest BCUT2D eigenvalue weighted by atomic mass is 32.2. The van der Waals surface area contributed by atoms with Crippen molar-refractivity contribution < 1.29 is 4.79 Å². The van der Waals surface area contributed by atoms with Crippen LogP contribution in [0.25, 0.3) is 10.8 Å². The monoisotopic (exact) mass is 321 g/mol. The summed E-state index contributed by atoms with van der Waals surface area (Å²) in [7, 11) is 1.84. The Kier molecular flexibility index (Phi) is 4.68. The number of amides is 1. The molecule has 0 spiro atoms. The van der Waals surface area contributed by atoms with Gasteiger partial charge in [-0.05, 0) is 42.0 Å². The van der Waals surface area contributed by atoms with Gasteiger partial charge in [-0.1, -0.05) is 48.0 Å². The SMILES string of the molecule is Cc1ccc(SCC(=O)N(C)c2ccc3ccccc3c2)cc1. The number of thioether (sulfide) groups is 1. The second-order valence-electron chi connectivity index (χ2n) is 5.59. The number of benzene rings is 3. The molecule has 0 saturated carbocycles. The number of carbonyl (C=O) groups is 1. The van der Waals surface area contributed by atoms with Gasteiger partial charge in [-0.3, -0.25) is 4.79 Å². The van der Waals surface area contributed by atoms with E-state index in [0.717, 1.165) is 16.0 Å². The highest BCUT2D eigenvalue weighted by Gasteiger charge is 2.11. The number of hydrogen-bond donors (Lipinski definition) is 0. The van der Waals surface area contributed by atoms with Gasteiger partial charge in [0, 0.05) is 17.6 Å². The van der Waals surface area contributed by atoms with Gasteiger partial charge >= 0.3 is 0 Å². The first kappa shape index (κ1) is 15.6. The summed E-state index contributed by atoms with van der Waals surface area (Å²) >= 11 is 1.57. The maximum atomic E-state index is 12.4. The molecular weight excluding hydrogens is 302 g/mol. The molecule has 0 N–H and O–H groups in total. The summed E-state index contributed by atoms with van der Waals surface area (Å²) in [5.41, 5.74) is 2.16. The summed E-state index contributed by atoms with van der Waals surface area (Å²) in [6.07, 6.45) is 0. The average molecular weight is 321 g/mol. The Morgan fingerprint density at radius 2 is 1.65 bits per heavy atom. The van der Waals surface area contributed by atoms with E-state index in [1.165, 1.54) is 10.9 Å². The molecule has 0 aliphatic heterocycles. The predicted molar refractivity (Wildman–Crippen MR) is 99.3 cm³/mol. The first-order chi connectivity index (χ1) is 11.1. The molecule has 0 heterocycles. The molecule has 0 saturated heterocycles. The minimum absolute atomic E-state index is 0.103. The molecule has 0 unspecified atom stereocenters. The molecule has 0 aliphatic rings. The number of carbonyl (C=O) groups excluding carboxylic acids is 1. The molecule has 23 heavy (non-hydrogen) atoms. The molecule has 0 bridgehead atoms. The zero-order chi connectivity index (χ0) is 16.2. The Labute approximate surface area is 141 Å². The average Bonchev–Trinajstić information content (AvgIpc) is 2.60. The van der Waals surface area contributed by atoms with Crippen molar-refractivity contribution in [3.8, 4) is 0 Å². The Morgan fingerprint density at radius 1 is 0.957 bits per heavy atom. The van der Waals surface area contributed by atoms with Crippen LogP contribution in [-0.2, 0) is 4.79 Å². The van der Waals surface area contributed by atoms with Crippen LogP contribution in [0, 0.1) is 6.92 Å². The third-order valence-corrected chi connectivity index (χ3v) is 4.87. The van der Waals surface area contributed by atoms with Gasteiger partial charge in [0.15, 0.2) is 0 Å². The van der Waals surface area contributed by atoms with Gasteiger partial charge in [0.05, 0.1) is 5.75 Å². The Hall–Kier alpha value is -2.26. The van der Waals surface area contributed by atoms with E-state index in [-0.39, 0.29) is 5.91 Å². The lowest BCUT2D eigenvalue weighted by Crippen LogP contribution is -2.27. The molecule has 3 rings (SSSR count). The molecule has 0 aromatic heterocycles. The van der Waals surface area contributed by atoms with Gasteiger partial charge in [0.2, 0.25) is 5.91 Å². The van der Waals surface area contributed by atoms with Crippen molar-refractivity contribution in [3.05, 3.63) is 72.3 Å². The molecule has 2 nitrogen and oxygen atoms in total. The molecule has 116 valence electrons. The van der Waals surface area contributed by atoms with Crippen LogP contribution in [-0.4, -0.2) is 18.7 Å². The quantitative estimate of drug-likeness (QED) is 0.637. The molecule has 0 atom stereocenters. The lowest BCUT2D eigenvalue weighted by atomic mass is 10.1. The van der Waals surface area contributed by atoms with E-state index < -0.39 is 0 Å². The second-order valence-corrected chi connectivity index (χ2v) is 6.63. The van der Waals surface area contributed by atoms with Crippen LogP contribution < -0.4 is 4.90 Å². The molecule has 0 radical (unpaired) electrons. The Morgan fingerprint density at radius 3 is 2.39 bits per heavy atom. The Bertz CT molecular complexity index is 826. The summed E-state index contributed by atoms with van der Waals surface area (Å²) in [6.45, 7) is 2.06. The largest absolute Gasteiger partial charge is 0.315 e. The smallest absolute Gasteiger partial charge is 0.237 e. The van der Waals surface area contributed by atoms with Crippen LogP contribution in [0.4, 0.5) is 5.69 Å². The minimum Gasteiger partial charge on any atom is -0.315 e. The van der Waals surface area contributed by atoms with Crippen LogP contribution in [0.15, 0.2) is 71.6 Å². The fourth-order valence-electron chi connectivity index (χ4n) is 2.41. The summed E-state index contributed by atoms with van der Waals surface area (Å²) in [5.74, 6) is 0.540. The zero-order valence-electron chi connectivity index (χ0n) is 13.3. The first-order valence-corrected chi connectivity index (χ1v) is 8.57. The number of aryl methyl sites for hydroxylation is 1. The number of anilines is 1. The van der Waals surface area contributed by atoms with Crippen molar-refractivity contribution in [1.29, 1.82) is 0 Å². The van der Waals surface area contributed by atoms with Crippen molar-refractivity contribution in [2.45, 2.75) is 11.8 Å². The van der Waals surface area contributed by atoms with E-state index in [2.05, 4.69) is 55.5 Å². The van der Waals surface area contributed by atoms with Gasteiger partial charge in [-0.25, -0.2) is 0 Å². The van der Waals surface area contributed by atoms with E-state index in [0.29, 0.717) is 5.75 Å². The summed E-state index contributed by atoms with van der Waals surface area (Å²) < 4.78 is 0. The van der Waals surface area contributed by atoms with Crippen LogP contribution in [0.2, 0.25) is 0 Å². The second kappa shape index (κ2) is 6.88. The third-order valence-electron chi connectivity index (χ3n) is 3.88. The van der Waals surface area contributed by atoms with E-state index in [1.54, 1.807) is 16.7 Å². The van der Waals surface area contributed by atoms with Crippen LogP contribution in [0.3, 0.4) is 0 Å². The first-order valence-electron chi connectivity index (χ1n) is 7.58. The number of fused-ring (bicyclic) bond motifs is 1. The fraction of sp³-hybridized carbons (Fsp3) is 0.150. The van der Waals surface area contributed by atoms with Crippen LogP contribution in [0.5, 0.6) is 0 Å². The van der Waals surface area contributed by atoms with Gasteiger partial charge in [-0.2, -0.15) is 0 Å². The highest BCUT2D eigenvalue weighted by molar-refractivity contribution is 8.00. The van der Waals surface area contributed by atoms with Crippen LogP contribution >= 0.6 is 11.8 Å². The zero-order valence-corrected chi connectivity index (χ0v) is 14.1. The molecular formula is C20H19NOS. The van der Waals surface area contributed by atoms with E-state index >= 15 is 0 Å². The molecule has 1 amide bonds. The fourth-order valence-corrected chi connectivity index (χ4v) is 3.22. The van der Waals surface area contributed by atoms with Crippen molar-refractivity contribution in [2.24, 2.45) is 0 Å². The molecule has 3 aromatic rings. The summed E-state index contributed by atoms with van der Waals surface area (Å²) in [6, 6.07) is 22.6. The lowest BCUT2D eigenvalue weighted by Gasteiger charge is -2.18. The van der Waals surface area contributed by atoms with Crippen molar-refractivity contribution in [3.63, 3.8) is 0 Å². The number of hydrogen-bond acceptors (Lipinski definition) is 2. The molecule has 3 heteroatoms. The standard InChI is InChI=1S/C20H19NOS/c1-15-7-11-19(12-8-15)23-14-20(22)21(2)18-10-9-16-5-3-4-6-17(16)13-18/h3-13H,14H2,1-2H3. The predicted octanol–water partition coefficient (Wildman–Crippen LogP) is 4.90. The van der Waals surface area contributed by atoms with Crippen LogP contribution in [0.1, 0.15) is 5.56 Å². The molecule has 3 aromatic carbocycles. The van der Waals surface area contributed by atoms with E-state index in [4.69, 9.17) is 0 Å². The van der Waals surface area contributed by atoms with Crippen molar-refractivity contribution in [2.75, 3.05) is 17.7 Å².